The summed E-state index contributed by atoms with van der Waals surface area (Å²) in [6.07, 6.45) is -0.454. The summed E-state index contributed by atoms with van der Waals surface area (Å²) in [6.45, 7) is 1.15. The highest BCUT2D eigenvalue weighted by atomic mass is 16.4. The molecule has 0 aromatic rings. The Labute approximate surface area is 62.6 Å². The molecular weight excluding hydrogens is 152 g/mol. The lowest BCUT2D eigenvalue weighted by atomic mass is 10.0. The van der Waals surface area contributed by atoms with Gasteiger partial charge < -0.3 is 10.2 Å². The van der Waals surface area contributed by atoms with Gasteiger partial charge in [0.15, 0.2) is 5.92 Å². The van der Waals surface area contributed by atoms with Crippen molar-refractivity contribution in [3.05, 3.63) is 0 Å². The minimum atomic E-state index is -1.60. The summed E-state index contributed by atoms with van der Waals surface area (Å²) in [6, 6.07) is 0. The van der Waals surface area contributed by atoms with E-state index in [9.17, 15) is 14.4 Å². The van der Waals surface area contributed by atoms with Gasteiger partial charge in [-0.2, -0.15) is 0 Å². The van der Waals surface area contributed by atoms with Crippen molar-refractivity contribution >= 4 is 17.7 Å². The molecule has 0 atom stereocenters. The van der Waals surface area contributed by atoms with Crippen LogP contribution in [0.15, 0.2) is 0 Å². The Morgan fingerprint density at radius 3 is 1.64 bits per heavy atom. The van der Waals surface area contributed by atoms with Crippen LogP contribution in [0.25, 0.3) is 0 Å². The van der Waals surface area contributed by atoms with E-state index in [4.69, 9.17) is 10.2 Å². The van der Waals surface area contributed by atoms with Gasteiger partial charge in [0, 0.05) is 6.42 Å². The van der Waals surface area contributed by atoms with E-state index >= 15 is 0 Å². The van der Waals surface area contributed by atoms with Gasteiger partial charge in [0.25, 0.3) is 0 Å². The van der Waals surface area contributed by atoms with Crippen molar-refractivity contribution in [2.24, 2.45) is 5.92 Å². The van der Waals surface area contributed by atoms with E-state index in [-0.39, 0.29) is 0 Å². The van der Waals surface area contributed by atoms with E-state index in [0.29, 0.717) is 0 Å². The van der Waals surface area contributed by atoms with Gasteiger partial charge in [-0.05, 0) is 6.92 Å². The third-order valence-corrected chi connectivity index (χ3v) is 1.09. The fourth-order valence-electron chi connectivity index (χ4n) is 0.568. The van der Waals surface area contributed by atoms with Crippen LogP contribution >= 0.6 is 0 Å². The van der Waals surface area contributed by atoms with Crippen LogP contribution in [-0.4, -0.2) is 27.9 Å². The molecule has 0 aliphatic heterocycles. The molecule has 0 amide bonds. The number of hydrogen-bond acceptors (Lipinski definition) is 3. The lowest BCUT2D eigenvalue weighted by Crippen LogP contribution is -2.25. The molecule has 0 aliphatic carbocycles. The zero-order chi connectivity index (χ0) is 9.02. The fraction of sp³-hybridized carbons (Fsp3) is 0.500. The summed E-state index contributed by atoms with van der Waals surface area (Å²) in [5, 5.41) is 16.5. The van der Waals surface area contributed by atoms with E-state index in [1.54, 1.807) is 0 Å². The Kier molecular flexibility index (Phi) is 3.23. The third-order valence-electron chi connectivity index (χ3n) is 1.09. The second kappa shape index (κ2) is 3.70. The van der Waals surface area contributed by atoms with E-state index < -0.39 is 30.1 Å². The SMILES string of the molecule is CC(=O)CC(C(=O)O)C(=O)O. The highest BCUT2D eigenvalue weighted by Gasteiger charge is 2.26. The maximum Gasteiger partial charge on any atom is 0.318 e. The summed E-state index contributed by atoms with van der Waals surface area (Å²) in [5.74, 6) is -5.01. The molecule has 0 saturated heterocycles. The molecule has 0 fully saturated rings. The molecule has 0 bridgehead atoms. The number of aliphatic carboxylic acids is 2. The van der Waals surface area contributed by atoms with E-state index in [2.05, 4.69) is 0 Å². The number of hydrogen-bond donors (Lipinski definition) is 2. The Hall–Kier alpha value is -1.39. The molecule has 5 nitrogen and oxygen atoms in total. The first-order valence-electron chi connectivity index (χ1n) is 2.90. The van der Waals surface area contributed by atoms with Gasteiger partial charge in [-0.1, -0.05) is 0 Å². The zero-order valence-electron chi connectivity index (χ0n) is 5.90. The molecule has 0 radical (unpaired) electrons. The van der Waals surface area contributed by atoms with Crippen LogP contribution in [-0.2, 0) is 14.4 Å². The third kappa shape index (κ3) is 3.34. The molecule has 0 aromatic heterocycles. The highest BCUT2D eigenvalue weighted by Crippen LogP contribution is 2.03. The van der Waals surface area contributed by atoms with Crippen molar-refractivity contribution in [2.45, 2.75) is 13.3 Å². The van der Waals surface area contributed by atoms with Gasteiger partial charge in [0.2, 0.25) is 0 Å². The number of ketones is 1. The normalized spacial score (nSPS) is 9.64. The van der Waals surface area contributed by atoms with E-state index in [1.165, 1.54) is 0 Å². The fourth-order valence-corrected chi connectivity index (χ4v) is 0.568. The molecule has 0 unspecified atom stereocenters. The van der Waals surface area contributed by atoms with Crippen LogP contribution < -0.4 is 0 Å². The van der Waals surface area contributed by atoms with Crippen molar-refractivity contribution in [2.75, 3.05) is 0 Å². The average Bonchev–Trinajstić information content (AvgIpc) is 1.81. The van der Waals surface area contributed by atoms with Crippen molar-refractivity contribution in [3.8, 4) is 0 Å². The molecule has 0 aromatic carbocycles. The van der Waals surface area contributed by atoms with Crippen LogP contribution in [0.3, 0.4) is 0 Å². The van der Waals surface area contributed by atoms with Gasteiger partial charge in [-0.15, -0.1) is 0 Å². The smallest absolute Gasteiger partial charge is 0.318 e. The number of rotatable bonds is 4. The maximum atomic E-state index is 10.3. The van der Waals surface area contributed by atoms with Crippen LogP contribution in [0.4, 0.5) is 0 Å². The lowest BCUT2D eigenvalue weighted by molar-refractivity contribution is -0.156. The number of Topliss-reactive ketones (excluding diaryl/α,β-unsaturated/α-hetero) is 1. The number of carboxylic acids is 2. The molecule has 2 N–H and O–H groups in total. The molecule has 62 valence electrons. The number of carboxylic acid groups (broad SMARTS) is 2. The lowest BCUT2D eigenvalue weighted by Gasteiger charge is -2.02. The number of carbonyl (C=O) groups is 3. The Morgan fingerprint density at radius 1 is 1.18 bits per heavy atom. The van der Waals surface area contributed by atoms with Crippen LogP contribution in [0.5, 0.6) is 0 Å². The van der Waals surface area contributed by atoms with Crippen molar-refractivity contribution in [3.63, 3.8) is 0 Å². The molecule has 0 saturated carbocycles. The Morgan fingerprint density at radius 2 is 1.55 bits per heavy atom. The Bertz CT molecular complexity index is 181. The standard InChI is InChI=1S/C6H8O5/c1-3(7)2-4(5(8)9)6(10)11/h4H,2H2,1H3,(H,8,9)(H,10,11). The first-order valence-corrected chi connectivity index (χ1v) is 2.90. The minimum absolute atomic E-state index is 0.445. The maximum absolute atomic E-state index is 10.3. The predicted molar refractivity (Wildman–Crippen MR) is 34.1 cm³/mol. The van der Waals surface area contributed by atoms with Crippen LogP contribution in [0.1, 0.15) is 13.3 Å². The van der Waals surface area contributed by atoms with Gasteiger partial charge in [-0.3, -0.25) is 14.4 Å². The number of carbonyl (C=O) groups excluding carboxylic acids is 1. The van der Waals surface area contributed by atoms with Crippen LogP contribution in [0, 0.1) is 5.92 Å². The largest absolute Gasteiger partial charge is 0.481 e. The summed E-state index contributed by atoms with van der Waals surface area (Å²) in [4.78, 5) is 30.6. The second-order valence-electron chi connectivity index (χ2n) is 2.14. The van der Waals surface area contributed by atoms with Gasteiger partial charge in [0.05, 0.1) is 0 Å². The summed E-state index contributed by atoms with van der Waals surface area (Å²) in [5.41, 5.74) is 0. The van der Waals surface area contributed by atoms with E-state index in [0.717, 1.165) is 6.92 Å². The van der Waals surface area contributed by atoms with E-state index in [1.807, 2.05) is 0 Å². The molecule has 0 heterocycles. The van der Waals surface area contributed by atoms with Crippen LogP contribution in [0.2, 0.25) is 0 Å². The quantitative estimate of drug-likeness (QED) is 0.553. The van der Waals surface area contributed by atoms with Gasteiger partial charge in [0.1, 0.15) is 5.78 Å². The monoisotopic (exact) mass is 160 g/mol. The van der Waals surface area contributed by atoms with Gasteiger partial charge in [-0.25, -0.2) is 0 Å². The molecule has 0 rings (SSSR count). The topological polar surface area (TPSA) is 91.7 Å². The molecule has 11 heavy (non-hydrogen) atoms. The first-order chi connectivity index (χ1) is 4.95. The highest BCUT2D eigenvalue weighted by molar-refractivity contribution is 5.97. The zero-order valence-corrected chi connectivity index (χ0v) is 5.90. The molecular formula is C6H8O5. The van der Waals surface area contributed by atoms with Gasteiger partial charge >= 0.3 is 11.9 Å². The molecule has 0 aliphatic rings. The summed E-state index contributed by atoms with van der Waals surface area (Å²) in [7, 11) is 0. The van der Waals surface area contributed by atoms with Crippen molar-refractivity contribution in [1.82, 2.24) is 0 Å². The first kappa shape index (κ1) is 9.61. The van der Waals surface area contributed by atoms with Crippen molar-refractivity contribution < 1.29 is 24.6 Å². The summed E-state index contributed by atoms with van der Waals surface area (Å²) >= 11 is 0. The second-order valence-corrected chi connectivity index (χ2v) is 2.14. The predicted octanol–water partition coefficient (Wildman–Crippen LogP) is -0.249. The Balaban J connectivity index is 4.23. The minimum Gasteiger partial charge on any atom is -0.481 e. The van der Waals surface area contributed by atoms with Crippen molar-refractivity contribution in [1.29, 1.82) is 0 Å². The molecule has 5 heteroatoms. The molecule has 0 spiro atoms. The average molecular weight is 160 g/mol. The summed E-state index contributed by atoms with van der Waals surface area (Å²) < 4.78 is 0.